The summed E-state index contributed by atoms with van der Waals surface area (Å²) >= 11 is 0. The fraction of sp³-hybridized carbons (Fsp3) is 0.400. The number of nitrogens with zero attached hydrogens (tertiary/aromatic N) is 5. The molecule has 1 aromatic carbocycles. The van der Waals surface area contributed by atoms with Crippen molar-refractivity contribution in [3.8, 4) is 23.0 Å². The molecule has 1 fully saturated rings. The van der Waals surface area contributed by atoms with E-state index in [-0.39, 0.29) is 16.9 Å². The minimum absolute atomic E-state index is 0. The monoisotopic (exact) mass is 386 g/mol. The Kier molecular flexibility index (Phi) is 5.31. The summed E-state index contributed by atoms with van der Waals surface area (Å²) in [5, 5.41) is 21.1. The summed E-state index contributed by atoms with van der Waals surface area (Å²) in [6.45, 7) is 3.65. The molecule has 0 spiro atoms. The molecule has 152 valence electrons. The van der Waals surface area contributed by atoms with E-state index in [2.05, 4.69) is 25.4 Å². The van der Waals surface area contributed by atoms with Crippen LogP contribution in [0.4, 0.5) is 5.82 Å². The van der Waals surface area contributed by atoms with Crippen LogP contribution in [0.25, 0.3) is 23.0 Å². The van der Waals surface area contributed by atoms with Crippen LogP contribution in [0, 0.1) is 6.92 Å². The summed E-state index contributed by atoms with van der Waals surface area (Å²) < 4.78 is 5.90. The summed E-state index contributed by atoms with van der Waals surface area (Å²) in [6, 6.07) is 8.08. The van der Waals surface area contributed by atoms with E-state index in [1.54, 1.807) is 6.20 Å². The van der Waals surface area contributed by atoms with Gasteiger partial charge in [-0.2, -0.15) is 0 Å². The average molecular weight is 386 g/mol. The van der Waals surface area contributed by atoms with Gasteiger partial charge in [-0.1, -0.05) is 12.1 Å². The van der Waals surface area contributed by atoms with Crippen molar-refractivity contribution in [2.75, 3.05) is 25.1 Å². The van der Waals surface area contributed by atoms with E-state index in [9.17, 15) is 5.11 Å². The van der Waals surface area contributed by atoms with E-state index in [1.165, 1.54) is 5.56 Å². The summed E-state index contributed by atoms with van der Waals surface area (Å²) in [7, 11) is 1.92. The lowest BCUT2D eigenvalue weighted by atomic mass is 10.1. The van der Waals surface area contributed by atoms with Gasteiger partial charge in [-0.3, -0.25) is 4.98 Å². The standard InChI is InChI=1S/C20H24N6O2.3H2/c1-13-18(23-17(11-22-13)26-9-3-4-16(26)12-27)20-25-24-19(28-20)15-7-5-14(6-8-15)10-21-2;;;/h5-8,11,16,21,27H,3-4,9-10,12H2,1-2H3;3*1H/t16-;;;/m0.../s1. The van der Waals surface area contributed by atoms with Crippen LogP contribution in [0.5, 0.6) is 0 Å². The van der Waals surface area contributed by atoms with Gasteiger partial charge in [-0.15, -0.1) is 10.2 Å². The number of hydrogen-bond donors (Lipinski definition) is 2. The smallest absolute Gasteiger partial charge is 0.268 e. The first-order valence-corrected chi connectivity index (χ1v) is 9.48. The van der Waals surface area contributed by atoms with Gasteiger partial charge in [0, 0.05) is 22.9 Å². The van der Waals surface area contributed by atoms with Gasteiger partial charge < -0.3 is 19.7 Å². The maximum atomic E-state index is 9.59. The van der Waals surface area contributed by atoms with Crippen molar-refractivity contribution in [3.05, 3.63) is 41.7 Å². The Labute approximate surface area is 168 Å². The summed E-state index contributed by atoms with van der Waals surface area (Å²) in [6.07, 6.45) is 3.73. The third-order valence-electron chi connectivity index (χ3n) is 5.03. The number of aliphatic hydroxyl groups is 1. The van der Waals surface area contributed by atoms with Gasteiger partial charge in [0.1, 0.15) is 5.82 Å². The van der Waals surface area contributed by atoms with Gasteiger partial charge in [0.15, 0.2) is 5.69 Å². The second kappa shape index (κ2) is 8.04. The van der Waals surface area contributed by atoms with E-state index >= 15 is 0 Å². The Morgan fingerprint density at radius 1 is 1.25 bits per heavy atom. The van der Waals surface area contributed by atoms with Gasteiger partial charge in [0.25, 0.3) is 5.89 Å². The number of rotatable bonds is 6. The van der Waals surface area contributed by atoms with Crippen LogP contribution in [0.3, 0.4) is 0 Å². The van der Waals surface area contributed by atoms with Crippen LogP contribution in [0.1, 0.15) is 28.4 Å². The van der Waals surface area contributed by atoms with Crippen LogP contribution in [0.2, 0.25) is 0 Å². The second-order valence-corrected chi connectivity index (χ2v) is 6.97. The average Bonchev–Trinajstić information content (AvgIpc) is 3.39. The van der Waals surface area contributed by atoms with Crippen molar-refractivity contribution < 1.29 is 13.8 Å². The molecular formula is C20H30N6O2. The fourth-order valence-electron chi connectivity index (χ4n) is 3.51. The molecule has 8 heteroatoms. The predicted molar refractivity (Wildman–Crippen MR) is 112 cm³/mol. The topological polar surface area (TPSA) is 100 Å². The molecule has 0 bridgehead atoms. The van der Waals surface area contributed by atoms with Crippen molar-refractivity contribution in [1.29, 1.82) is 0 Å². The Hall–Kier alpha value is -2.84. The Morgan fingerprint density at radius 2 is 2.04 bits per heavy atom. The molecule has 0 saturated carbocycles. The number of nitrogens with one attached hydrogen (secondary N) is 1. The highest BCUT2D eigenvalue weighted by atomic mass is 16.4. The molecule has 3 aromatic rings. The molecule has 1 atom stereocenters. The van der Waals surface area contributed by atoms with Gasteiger partial charge in [-0.05, 0) is 44.5 Å². The first-order valence-electron chi connectivity index (χ1n) is 9.48. The number of aryl methyl sites for hydroxylation is 1. The maximum Gasteiger partial charge on any atom is 0.268 e. The molecule has 2 aromatic heterocycles. The van der Waals surface area contributed by atoms with Crippen LogP contribution in [-0.2, 0) is 6.54 Å². The van der Waals surface area contributed by atoms with Crippen molar-refractivity contribution in [1.82, 2.24) is 25.5 Å². The summed E-state index contributed by atoms with van der Waals surface area (Å²) in [4.78, 5) is 11.3. The Bertz CT molecular complexity index is 954. The van der Waals surface area contributed by atoms with E-state index in [0.717, 1.165) is 43.0 Å². The molecule has 28 heavy (non-hydrogen) atoms. The van der Waals surface area contributed by atoms with E-state index in [4.69, 9.17) is 9.40 Å². The van der Waals surface area contributed by atoms with Gasteiger partial charge in [0.05, 0.1) is 24.5 Å². The van der Waals surface area contributed by atoms with Crippen LogP contribution in [0.15, 0.2) is 34.9 Å². The molecule has 0 unspecified atom stereocenters. The van der Waals surface area contributed by atoms with E-state index in [0.29, 0.717) is 17.5 Å². The number of aliphatic hydroxyl groups excluding tert-OH is 1. The van der Waals surface area contributed by atoms with Gasteiger partial charge >= 0.3 is 0 Å². The molecule has 1 aliphatic heterocycles. The first-order chi connectivity index (χ1) is 13.7. The molecule has 1 aliphatic rings. The molecule has 8 nitrogen and oxygen atoms in total. The largest absolute Gasteiger partial charge is 0.415 e. The predicted octanol–water partition coefficient (Wildman–Crippen LogP) is 2.92. The highest BCUT2D eigenvalue weighted by Crippen LogP contribution is 2.28. The third kappa shape index (κ3) is 3.61. The first kappa shape index (κ1) is 18.5. The quantitative estimate of drug-likeness (QED) is 0.667. The van der Waals surface area contributed by atoms with Gasteiger partial charge in [-0.25, -0.2) is 4.98 Å². The highest BCUT2D eigenvalue weighted by Gasteiger charge is 2.26. The Morgan fingerprint density at radius 3 is 2.79 bits per heavy atom. The summed E-state index contributed by atoms with van der Waals surface area (Å²) in [5.41, 5.74) is 3.35. The number of hydrogen-bond acceptors (Lipinski definition) is 8. The molecule has 3 heterocycles. The fourth-order valence-corrected chi connectivity index (χ4v) is 3.51. The molecule has 1 saturated heterocycles. The van der Waals surface area contributed by atoms with Crippen molar-refractivity contribution in [3.63, 3.8) is 0 Å². The maximum absolute atomic E-state index is 9.59. The number of benzene rings is 1. The summed E-state index contributed by atoms with van der Waals surface area (Å²) in [5.74, 6) is 1.53. The second-order valence-electron chi connectivity index (χ2n) is 6.97. The molecular weight excluding hydrogens is 356 g/mol. The number of aromatic nitrogens is 4. The lowest BCUT2D eigenvalue weighted by molar-refractivity contribution is 0.266. The molecule has 0 aliphatic carbocycles. The highest BCUT2D eigenvalue weighted by molar-refractivity contribution is 5.58. The molecule has 0 radical (unpaired) electrons. The SMILES string of the molecule is CNCc1ccc(-c2nnc(-c3nc(N4CCC[C@H]4CO)cnc3C)o2)cc1.[HH].[HH].[HH]. The van der Waals surface area contributed by atoms with E-state index < -0.39 is 0 Å². The number of anilines is 1. The van der Waals surface area contributed by atoms with Crippen LogP contribution in [-0.4, -0.2) is 51.5 Å². The zero-order chi connectivity index (χ0) is 19.5. The molecule has 0 amide bonds. The lowest BCUT2D eigenvalue weighted by Crippen LogP contribution is -2.32. The minimum Gasteiger partial charge on any atom is -0.415 e. The van der Waals surface area contributed by atoms with Crippen molar-refractivity contribution in [2.45, 2.75) is 32.4 Å². The molecule has 2 N–H and O–H groups in total. The minimum atomic E-state index is 0. The van der Waals surface area contributed by atoms with Crippen molar-refractivity contribution >= 4 is 5.82 Å². The third-order valence-corrected chi connectivity index (χ3v) is 5.03. The van der Waals surface area contributed by atoms with E-state index in [1.807, 2.05) is 38.2 Å². The van der Waals surface area contributed by atoms with Crippen molar-refractivity contribution in [2.24, 2.45) is 0 Å². The molecule has 4 rings (SSSR count). The Balaban J connectivity index is 0.00000160. The zero-order valence-electron chi connectivity index (χ0n) is 16.1. The normalized spacial score (nSPS) is 16.7. The van der Waals surface area contributed by atoms with Crippen LogP contribution < -0.4 is 10.2 Å². The lowest BCUT2D eigenvalue weighted by Gasteiger charge is -2.24. The van der Waals surface area contributed by atoms with Gasteiger partial charge in [0.2, 0.25) is 5.89 Å². The zero-order valence-corrected chi connectivity index (χ0v) is 16.1. The van der Waals surface area contributed by atoms with Crippen LogP contribution >= 0.6 is 0 Å².